The molecule has 1 N–H and O–H groups in total. The molecule has 0 unspecified atom stereocenters. The lowest BCUT2D eigenvalue weighted by Gasteiger charge is -2.31. The summed E-state index contributed by atoms with van der Waals surface area (Å²) in [5.74, 6) is -0.608. The highest BCUT2D eigenvalue weighted by molar-refractivity contribution is 5.96. The monoisotopic (exact) mass is 736 g/mol. The van der Waals surface area contributed by atoms with Gasteiger partial charge < -0.3 is 29.3 Å². The van der Waals surface area contributed by atoms with E-state index in [9.17, 15) is 19.2 Å². The molecule has 3 fully saturated rings. The molecule has 11 heteroatoms. The molecule has 3 aromatic rings. The molecule has 11 nitrogen and oxygen atoms in total. The lowest BCUT2D eigenvalue weighted by atomic mass is 9.94. The van der Waals surface area contributed by atoms with Gasteiger partial charge in [0, 0.05) is 60.8 Å². The predicted octanol–water partition coefficient (Wildman–Crippen LogP) is 6.24. The average molecular weight is 737 g/mol. The van der Waals surface area contributed by atoms with E-state index in [1.165, 1.54) is 0 Å². The van der Waals surface area contributed by atoms with Crippen LogP contribution in [0.2, 0.25) is 0 Å². The van der Waals surface area contributed by atoms with Crippen molar-refractivity contribution in [2.24, 2.45) is 11.8 Å². The summed E-state index contributed by atoms with van der Waals surface area (Å²) < 4.78 is 17.8. The fourth-order valence-corrected chi connectivity index (χ4v) is 8.35. The molecule has 3 aliphatic heterocycles. The van der Waals surface area contributed by atoms with E-state index in [-0.39, 0.29) is 43.7 Å². The maximum Gasteiger partial charge on any atom is 0.332 e. The first-order chi connectivity index (χ1) is 26.3. The van der Waals surface area contributed by atoms with Crippen molar-refractivity contribution in [3.05, 3.63) is 66.7 Å². The van der Waals surface area contributed by atoms with E-state index in [4.69, 9.17) is 19.2 Å². The van der Waals surface area contributed by atoms with Crippen LogP contribution in [0.4, 0.5) is 0 Å². The molecule has 1 aliphatic carbocycles. The number of piperidine rings is 1. The largest absolute Gasteiger partial charge is 0.497 e. The number of hydrogen-bond donors (Lipinski definition) is 1. The summed E-state index contributed by atoms with van der Waals surface area (Å²) >= 11 is 0. The molecular weight excluding hydrogens is 684 g/mol. The Balaban J connectivity index is 1.22. The molecule has 5 atom stereocenters. The lowest BCUT2D eigenvalue weighted by Crippen LogP contribution is -2.54. The summed E-state index contributed by atoms with van der Waals surface area (Å²) in [6.45, 7) is 3.53. The number of fused-ring (bicyclic) bond motifs is 3. The van der Waals surface area contributed by atoms with Crippen LogP contribution in [0.25, 0.3) is 22.2 Å². The van der Waals surface area contributed by atoms with Gasteiger partial charge in [-0.05, 0) is 64.0 Å². The minimum Gasteiger partial charge on any atom is -0.497 e. The summed E-state index contributed by atoms with van der Waals surface area (Å²) in [5.41, 5.74) is 1.15. The van der Waals surface area contributed by atoms with Gasteiger partial charge in [-0.3, -0.25) is 14.4 Å². The zero-order valence-electron chi connectivity index (χ0n) is 31.5. The van der Waals surface area contributed by atoms with Gasteiger partial charge in [-0.15, -0.1) is 0 Å². The van der Waals surface area contributed by atoms with Gasteiger partial charge >= 0.3 is 5.97 Å². The van der Waals surface area contributed by atoms with Crippen LogP contribution in [-0.2, 0) is 23.9 Å². The average Bonchev–Trinajstić information content (AvgIpc) is 3.73. The maximum atomic E-state index is 14.7. The molecule has 2 aromatic carbocycles. The van der Waals surface area contributed by atoms with Crippen LogP contribution in [0, 0.1) is 11.8 Å². The quantitative estimate of drug-likeness (QED) is 0.213. The Morgan fingerprint density at radius 3 is 2.56 bits per heavy atom. The van der Waals surface area contributed by atoms with Gasteiger partial charge in [0.25, 0.3) is 0 Å². The Hall–Kier alpha value is -4.93. The second kappa shape index (κ2) is 16.6. The highest BCUT2D eigenvalue weighted by Crippen LogP contribution is 2.46. The van der Waals surface area contributed by atoms with E-state index in [1.54, 1.807) is 18.9 Å². The smallest absolute Gasteiger partial charge is 0.332 e. The fraction of sp³-hybridized carbons (Fsp3) is 0.512. The molecule has 2 saturated heterocycles. The number of hydrogen-bond acceptors (Lipinski definition) is 8. The number of nitrogens with one attached hydrogen (secondary N) is 1. The van der Waals surface area contributed by atoms with Gasteiger partial charge in [0.2, 0.25) is 17.7 Å². The molecule has 1 saturated carbocycles. The number of carbonyl (C=O) groups excluding carboxylic acids is 4. The van der Waals surface area contributed by atoms with Crippen LogP contribution < -0.4 is 14.8 Å². The zero-order chi connectivity index (χ0) is 37.7. The van der Waals surface area contributed by atoms with Gasteiger partial charge in [-0.25, -0.2) is 9.78 Å². The number of benzene rings is 2. The van der Waals surface area contributed by atoms with Crippen LogP contribution in [0.5, 0.6) is 11.5 Å². The van der Waals surface area contributed by atoms with Crippen LogP contribution in [0.3, 0.4) is 0 Å². The second-order valence-corrected chi connectivity index (χ2v) is 15.1. The number of likely N-dealkylation sites (tertiary alicyclic amines) is 1. The molecule has 1 aromatic heterocycles. The van der Waals surface area contributed by atoms with E-state index in [2.05, 4.69) is 11.4 Å². The first-order valence-electron chi connectivity index (χ1n) is 19.7. The summed E-state index contributed by atoms with van der Waals surface area (Å²) in [7, 11) is 1.61. The number of nitrogens with zero attached hydrogens (tertiary/aromatic N) is 3. The molecule has 3 amide bonds. The molecule has 4 heterocycles. The van der Waals surface area contributed by atoms with Gasteiger partial charge in [0.15, 0.2) is 0 Å². The van der Waals surface area contributed by atoms with Crippen molar-refractivity contribution in [1.82, 2.24) is 20.1 Å². The number of rotatable bonds is 8. The SMILES string of the molecule is CCOC(=O)[C@@]12C[C@H]1C=CCCCCC[C@H](CC(=O)N1CCCCC1)C(=O)N1C[C@H](Oc3cc(-c4ccccc4)nc4cc(OC)ccc34)C[C@H]1C(=O)N2. The van der Waals surface area contributed by atoms with E-state index in [1.807, 2.05) is 65.6 Å². The standard InChI is InChI=1S/C43H52N4O7/c1-3-53-42(51)43-27-31(43)18-12-6-4-5-9-17-30(23-39(48)46-21-13-8-14-22-46)41(50)47-28-33(25-37(47)40(49)45-43)54-38-26-35(29-15-10-7-11-16-29)44-36-24-32(52-2)19-20-34(36)38/h7,10-12,15-16,18-20,24,26,30-31,33,37H,3-6,8-9,13-14,17,21-23,25,27-28H2,1-2H3,(H,45,49)/t30-,31-,33-,37+,43-/m1/s1. The van der Waals surface area contributed by atoms with Gasteiger partial charge in [-0.2, -0.15) is 0 Å². The fourth-order valence-electron chi connectivity index (χ4n) is 8.35. The number of pyridine rings is 1. The van der Waals surface area contributed by atoms with Crippen molar-refractivity contribution in [2.45, 2.75) is 95.2 Å². The Morgan fingerprint density at radius 1 is 0.981 bits per heavy atom. The Bertz CT molecular complexity index is 1880. The zero-order valence-corrected chi connectivity index (χ0v) is 31.5. The topological polar surface area (TPSA) is 127 Å². The molecular formula is C43H52N4O7. The normalized spacial score (nSPS) is 26.2. The summed E-state index contributed by atoms with van der Waals surface area (Å²) in [6.07, 6.45) is 11.4. The number of ether oxygens (including phenoxy) is 3. The van der Waals surface area contributed by atoms with Crippen LogP contribution in [-0.4, -0.2) is 89.5 Å². The van der Waals surface area contributed by atoms with Crippen molar-refractivity contribution < 1.29 is 33.4 Å². The Labute approximate surface area is 317 Å². The number of allylic oxidation sites excluding steroid dienone is 1. The molecule has 0 radical (unpaired) electrons. The van der Waals surface area contributed by atoms with E-state index in [0.717, 1.165) is 55.9 Å². The van der Waals surface area contributed by atoms with E-state index < -0.39 is 35.5 Å². The first-order valence-corrected chi connectivity index (χ1v) is 19.7. The third-order valence-electron chi connectivity index (χ3n) is 11.5. The summed E-state index contributed by atoms with van der Waals surface area (Å²) in [6, 6.07) is 16.5. The highest BCUT2D eigenvalue weighted by atomic mass is 16.5. The lowest BCUT2D eigenvalue weighted by molar-refractivity contribution is -0.150. The molecule has 0 bridgehead atoms. The number of amides is 3. The van der Waals surface area contributed by atoms with E-state index >= 15 is 0 Å². The highest BCUT2D eigenvalue weighted by Gasteiger charge is 2.62. The van der Waals surface area contributed by atoms with Crippen molar-refractivity contribution in [2.75, 3.05) is 33.4 Å². The summed E-state index contributed by atoms with van der Waals surface area (Å²) in [5, 5.41) is 3.84. The Kier molecular flexibility index (Phi) is 11.5. The molecule has 7 rings (SSSR count). The van der Waals surface area contributed by atoms with Crippen molar-refractivity contribution >= 4 is 34.6 Å². The second-order valence-electron chi connectivity index (χ2n) is 15.1. The van der Waals surface area contributed by atoms with Crippen molar-refractivity contribution in [3.63, 3.8) is 0 Å². The summed E-state index contributed by atoms with van der Waals surface area (Å²) in [4.78, 5) is 64.6. The van der Waals surface area contributed by atoms with Gasteiger partial charge in [0.05, 0.1) is 31.5 Å². The Morgan fingerprint density at radius 2 is 1.78 bits per heavy atom. The van der Waals surface area contributed by atoms with Crippen LogP contribution in [0.1, 0.15) is 77.6 Å². The molecule has 0 spiro atoms. The van der Waals surface area contributed by atoms with Crippen LogP contribution in [0.15, 0.2) is 66.7 Å². The van der Waals surface area contributed by atoms with Crippen molar-refractivity contribution in [3.8, 4) is 22.8 Å². The maximum absolute atomic E-state index is 14.7. The number of carbonyl (C=O) groups is 4. The predicted molar refractivity (Wildman–Crippen MR) is 205 cm³/mol. The first kappa shape index (κ1) is 37.4. The van der Waals surface area contributed by atoms with Crippen LogP contribution >= 0.6 is 0 Å². The third-order valence-corrected chi connectivity index (χ3v) is 11.5. The van der Waals surface area contributed by atoms with Gasteiger partial charge in [-0.1, -0.05) is 55.3 Å². The van der Waals surface area contributed by atoms with Crippen molar-refractivity contribution in [1.29, 1.82) is 0 Å². The molecule has 54 heavy (non-hydrogen) atoms. The number of methoxy groups -OCH3 is 1. The molecule has 4 aliphatic rings. The molecule has 286 valence electrons. The van der Waals surface area contributed by atoms with Gasteiger partial charge in [0.1, 0.15) is 29.2 Å². The number of esters is 1. The minimum atomic E-state index is -1.17. The third kappa shape index (κ3) is 8.10. The minimum absolute atomic E-state index is 0.00360. The number of aromatic nitrogens is 1. The van der Waals surface area contributed by atoms with E-state index in [0.29, 0.717) is 48.6 Å².